The number of nitrogens with one attached hydrogen (secondary N) is 2. The Kier molecular flexibility index (Phi) is 9.66. The monoisotopic (exact) mass is 797 g/mol. The van der Waals surface area contributed by atoms with Gasteiger partial charge in [-0.25, -0.2) is 14.3 Å². The fourth-order valence-electron chi connectivity index (χ4n) is 9.97. The van der Waals surface area contributed by atoms with Crippen molar-refractivity contribution in [2.75, 3.05) is 56.2 Å². The zero-order valence-electron chi connectivity index (χ0n) is 32.5. The number of imide groups is 1. The highest BCUT2D eigenvalue weighted by Crippen LogP contribution is 2.59. The van der Waals surface area contributed by atoms with Crippen molar-refractivity contribution in [1.82, 2.24) is 40.0 Å². The fourth-order valence-corrected chi connectivity index (χ4v) is 11.1. The number of carbonyl (C=O) groups is 2. The molecule has 3 saturated carbocycles. The predicted molar refractivity (Wildman–Crippen MR) is 221 cm³/mol. The van der Waals surface area contributed by atoms with Crippen LogP contribution in [0.25, 0.3) is 32.3 Å². The molecule has 5 aromatic heterocycles. The molecule has 0 radical (unpaired) electrons. The van der Waals surface area contributed by atoms with Crippen LogP contribution in [0.4, 0.5) is 17.2 Å². The molecule has 2 bridgehead atoms. The second kappa shape index (κ2) is 15.1. The summed E-state index contributed by atoms with van der Waals surface area (Å²) < 4.78 is 7.51. The van der Waals surface area contributed by atoms with Crippen molar-refractivity contribution < 1.29 is 14.3 Å². The van der Waals surface area contributed by atoms with Crippen LogP contribution in [0.1, 0.15) is 80.7 Å². The van der Waals surface area contributed by atoms with Crippen LogP contribution in [0.5, 0.6) is 0 Å². The molecule has 298 valence electrons. The van der Waals surface area contributed by atoms with Crippen molar-refractivity contribution in [1.29, 1.82) is 0 Å². The number of aromatic nitrogens is 6. The minimum absolute atomic E-state index is 0.0877. The third-order valence-corrected chi connectivity index (χ3v) is 14.7. The maximum absolute atomic E-state index is 12.3. The SMILES string of the molecule is [C-]#[N+]c1cnn2c(-c3cc(NC4CCOCC4)c(-c4nnc(C56CCC(CN7CCN(c8ccc([C@@H]9CCC(=O)NC9=O)cn8)CC7)(CC5)CC6)s4)cn3)ccc2c1. The largest absolute Gasteiger partial charge is 0.381 e. The molecule has 0 spiro atoms. The molecule has 6 aliphatic rings. The molecule has 0 aromatic carbocycles. The fraction of sp³-hybridized carbons (Fsp3) is 0.488. The first kappa shape index (κ1) is 37.0. The van der Waals surface area contributed by atoms with E-state index in [0.29, 0.717) is 30.0 Å². The van der Waals surface area contributed by atoms with E-state index in [9.17, 15) is 9.59 Å². The quantitative estimate of drug-likeness (QED) is 0.126. The summed E-state index contributed by atoms with van der Waals surface area (Å²) in [6, 6.07) is 12.3. The summed E-state index contributed by atoms with van der Waals surface area (Å²) in [6.45, 7) is 13.9. The van der Waals surface area contributed by atoms with Crippen LogP contribution in [0.15, 0.2) is 55.0 Å². The van der Waals surface area contributed by atoms with Gasteiger partial charge in [0.2, 0.25) is 17.5 Å². The molecule has 3 saturated heterocycles. The first-order valence-electron chi connectivity index (χ1n) is 20.7. The van der Waals surface area contributed by atoms with Gasteiger partial charge >= 0.3 is 0 Å². The Hall–Kier alpha value is -5.30. The molecular weight excluding hydrogens is 751 g/mol. The topological polar surface area (TPSA) is 147 Å². The van der Waals surface area contributed by atoms with Crippen LogP contribution < -0.4 is 15.5 Å². The first-order chi connectivity index (χ1) is 28.4. The summed E-state index contributed by atoms with van der Waals surface area (Å²) in [6.07, 6.45) is 15.2. The lowest BCUT2D eigenvalue weighted by Gasteiger charge is -2.54. The number of carbonyl (C=O) groups excluding carboxylic acids is 2. The number of piperazine rings is 1. The van der Waals surface area contributed by atoms with E-state index >= 15 is 0 Å². The van der Waals surface area contributed by atoms with Crippen molar-refractivity contribution in [3.8, 4) is 22.0 Å². The Morgan fingerprint density at radius 3 is 2.47 bits per heavy atom. The number of ether oxygens (including phenoxy) is 1. The average Bonchev–Trinajstić information content (AvgIpc) is 3.94. The Morgan fingerprint density at radius 2 is 1.72 bits per heavy atom. The van der Waals surface area contributed by atoms with Gasteiger partial charge in [0.25, 0.3) is 0 Å². The maximum atomic E-state index is 12.3. The highest BCUT2D eigenvalue weighted by Gasteiger charge is 2.51. The van der Waals surface area contributed by atoms with E-state index in [4.69, 9.17) is 31.5 Å². The molecular formula is C43H47N11O3S. The smallest absolute Gasteiger partial charge is 0.234 e. The Balaban J connectivity index is 0.796. The zero-order valence-corrected chi connectivity index (χ0v) is 33.3. The normalized spacial score (nSPS) is 25.5. The van der Waals surface area contributed by atoms with Crippen molar-refractivity contribution in [3.63, 3.8) is 0 Å². The van der Waals surface area contributed by atoms with Gasteiger partial charge in [0.1, 0.15) is 10.8 Å². The number of pyridine rings is 2. The lowest BCUT2D eigenvalue weighted by Crippen LogP contribution is -2.53. The molecule has 14 nitrogen and oxygen atoms in total. The van der Waals surface area contributed by atoms with Gasteiger partial charge in [-0.15, -0.1) is 10.2 Å². The van der Waals surface area contributed by atoms with Gasteiger partial charge < -0.3 is 15.0 Å². The van der Waals surface area contributed by atoms with Gasteiger partial charge in [0.05, 0.1) is 41.2 Å². The molecule has 8 heterocycles. The lowest BCUT2D eigenvalue weighted by molar-refractivity contribution is -0.134. The maximum Gasteiger partial charge on any atom is 0.234 e. The van der Waals surface area contributed by atoms with Gasteiger partial charge in [0, 0.05) is 81.9 Å². The van der Waals surface area contributed by atoms with Crippen molar-refractivity contribution in [3.05, 3.63) is 77.0 Å². The third-order valence-electron chi connectivity index (χ3n) is 13.5. The Labute approximate surface area is 341 Å². The number of anilines is 2. The van der Waals surface area contributed by atoms with Crippen LogP contribution >= 0.6 is 11.3 Å². The summed E-state index contributed by atoms with van der Waals surface area (Å²) in [4.78, 5) is 42.1. The van der Waals surface area contributed by atoms with Gasteiger partial charge in [-0.1, -0.05) is 17.4 Å². The molecule has 2 N–H and O–H groups in total. The van der Waals surface area contributed by atoms with Crippen LogP contribution in [0.2, 0.25) is 0 Å². The molecule has 3 aliphatic heterocycles. The van der Waals surface area contributed by atoms with Gasteiger partial charge in [-0.2, -0.15) is 5.10 Å². The number of amides is 2. The Morgan fingerprint density at radius 1 is 0.914 bits per heavy atom. The van der Waals surface area contributed by atoms with Crippen LogP contribution in [-0.4, -0.2) is 98.5 Å². The number of hydrogen-bond acceptors (Lipinski definition) is 12. The molecule has 6 fully saturated rings. The number of nitrogens with zero attached hydrogens (tertiary/aromatic N) is 9. The molecule has 15 heteroatoms. The molecule has 1 atom stereocenters. The number of piperidine rings is 1. The van der Waals surface area contributed by atoms with Gasteiger partial charge in [0.15, 0.2) is 5.01 Å². The summed E-state index contributed by atoms with van der Waals surface area (Å²) in [5, 5.41) is 22.6. The molecule has 58 heavy (non-hydrogen) atoms. The molecule has 2 amide bonds. The summed E-state index contributed by atoms with van der Waals surface area (Å²) in [7, 11) is 0. The first-order valence-corrected chi connectivity index (χ1v) is 21.5. The van der Waals surface area contributed by atoms with E-state index in [-0.39, 0.29) is 23.1 Å². The highest BCUT2D eigenvalue weighted by molar-refractivity contribution is 7.14. The van der Waals surface area contributed by atoms with Crippen LogP contribution in [0, 0.1) is 12.0 Å². The molecule has 0 unspecified atom stereocenters. The summed E-state index contributed by atoms with van der Waals surface area (Å²) in [5.41, 5.74) is 6.33. The standard InChI is InChI=1S/C43H47N11O3S/c1-44-30-22-31-3-5-36(54(31)47-25-30)35-23-34(48-29-8-20-57-21-9-29)33(26-45-35)40-50-51-41(58-40)43-13-10-42(11-14-43,12-15-43)27-52-16-18-53(19-17-52)37-6-2-28(24-46-37)32-4-7-38(55)49-39(32)56/h2-3,5-6,22-26,29,32H,4,7-21,27H2,(H,45,48)(H,49,55,56)/t32-,42?,43?/m0/s1. The van der Waals surface area contributed by atoms with E-state index in [1.807, 2.05) is 47.2 Å². The van der Waals surface area contributed by atoms with E-state index in [1.54, 1.807) is 17.5 Å². The number of hydrogen-bond donors (Lipinski definition) is 2. The predicted octanol–water partition coefficient (Wildman–Crippen LogP) is 6.39. The Bertz CT molecular complexity index is 2370. The molecule has 11 rings (SSSR count). The molecule has 5 aromatic rings. The molecule has 3 aliphatic carbocycles. The van der Waals surface area contributed by atoms with Gasteiger partial charge in [-0.05, 0) is 99.1 Å². The third kappa shape index (κ3) is 7.01. The number of fused-ring (bicyclic) bond motifs is 4. The highest BCUT2D eigenvalue weighted by atomic mass is 32.1. The summed E-state index contributed by atoms with van der Waals surface area (Å²) in [5.74, 6) is 0.230. The average molecular weight is 798 g/mol. The van der Waals surface area contributed by atoms with E-state index < -0.39 is 0 Å². The number of rotatable bonds is 9. The minimum Gasteiger partial charge on any atom is -0.381 e. The minimum atomic E-state index is -0.306. The lowest BCUT2D eigenvalue weighted by atomic mass is 9.54. The van der Waals surface area contributed by atoms with Crippen molar-refractivity contribution >= 4 is 45.9 Å². The zero-order chi connectivity index (χ0) is 39.3. The van der Waals surface area contributed by atoms with Crippen LogP contribution in [-0.2, 0) is 19.7 Å². The van der Waals surface area contributed by atoms with E-state index in [2.05, 4.69) is 36.4 Å². The summed E-state index contributed by atoms with van der Waals surface area (Å²) >= 11 is 1.74. The second-order valence-electron chi connectivity index (χ2n) is 16.9. The van der Waals surface area contributed by atoms with Crippen LogP contribution in [0.3, 0.4) is 0 Å². The van der Waals surface area contributed by atoms with Gasteiger partial charge in [-0.3, -0.25) is 24.8 Å². The van der Waals surface area contributed by atoms with Crippen molar-refractivity contribution in [2.45, 2.75) is 81.6 Å². The second-order valence-corrected chi connectivity index (χ2v) is 17.9. The van der Waals surface area contributed by atoms with Crippen molar-refractivity contribution in [2.24, 2.45) is 5.41 Å². The van der Waals surface area contributed by atoms with E-state index in [1.165, 1.54) is 24.3 Å². The van der Waals surface area contributed by atoms with E-state index in [0.717, 1.165) is 123 Å².